The lowest BCUT2D eigenvalue weighted by Crippen LogP contribution is -2.51. The molecule has 0 radical (unpaired) electrons. The molecule has 7 heteroatoms. The van der Waals surface area contributed by atoms with Gasteiger partial charge in [-0.15, -0.1) is 0 Å². The van der Waals surface area contributed by atoms with Gasteiger partial charge >= 0.3 is 12.3 Å². The summed E-state index contributed by atoms with van der Waals surface area (Å²) in [5.41, 5.74) is -0.782. The van der Waals surface area contributed by atoms with Crippen LogP contribution in [0.4, 0.5) is 18.0 Å². The second-order valence-electron chi connectivity index (χ2n) is 5.94. The van der Waals surface area contributed by atoms with Crippen molar-refractivity contribution in [2.24, 2.45) is 5.92 Å². The first-order valence-electron chi connectivity index (χ1n) is 6.34. The molecule has 2 aliphatic rings. The normalized spacial score (nSPS) is 35.4. The smallest absolute Gasteiger partial charge is 0.410 e. The zero-order valence-electron chi connectivity index (χ0n) is 10.9. The van der Waals surface area contributed by atoms with E-state index >= 15 is 0 Å². The van der Waals surface area contributed by atoms with Crippen molar-refractivity contribution in [1.82, 2.24) is 4.90 Å². The Kier molecular flexibility index (Phi) is 3.45. The van der Waals surface area contributed by atoms with Gasteiger partial charge in [-0.1, -0.05) is 0 Å². The van der Waals surface area contributed by atoms with Crippen molar-refractivity contribution in [3.05, 3.63) is 0 Å². The fourth-order valence-electron chi connectivity index (χ4n) is 2.91. The number of hydrogen-bond acceptors (Lipinski definition) is 3. The molecule has 0 bridgehead atoms. The van der Waals surface area contributed by atoms with E-state index in [1.807, 2.05) is 0 Å². The molecule has 110 valence electrons. The molecule has 1 saturated heterocycles. The zero-order valence-corrected chi connectivity index (χ0v) is 10.9. The van der Waals surface area contributed by atoms with E-state index in [1.165, 1.54) is 0 Å². The minimum atomic E-state index is -4.36. The van der Waals surface area contributed by atoms with E-state index in [0.29, 0.717) is 0 Å². The molecule has 2 rings (SSSR count). The number of aliphatic hydroxyl groups is 1. The number of ether oxygens (including phenoxy) is 1. The summed E-state index contributed by atoms with van der Waals surface area (Å²) in [4.78, 5) is 12.8. The Balaban J connectivity index is 2.21. The van der Waals surface area contributed by atoms with E-state index in [2.05, 4.69) is 0 Å². The molecule has 2 fully saturated rings. The van der Waals surface area contributed by atoms with Crippen molar-refractivity contribution >= 4 is 6.09 Å². The van der Waals surface area contributed by atoms with Crippen LogP contribution in [0.2, 0.25) is 0 Å². The van der Waals surface area contributed by atoms with Crippen LogP contribution in [0.25, 0.3) is 0 Å². The van der Waals surface area contributed by atoms with E-state index in [0.717, 1.165) is 4.90 Å². The third-order valence-corrected chi connectivity index (χ3v) is 3.76. The van der Waals surface area contributed by atoms with E-state index < -0.39 is 35.9 Å². The van der Waals surface area contributed by atoms with E-state index in [9.17, 15) is 23.1 Å². The van der Waals surface area contributed by atoms with Crippen LogP contribution in [0.5, 0.6) is 0 Å². The number of carbonyl (C=O) groups is 1. The molecule has 3 atom stereocenters. The third-order valence-electron chi connectivity index (χ3n) is 3.76. The topological polar surface area (TPSA) is 49.8 Å². The van der Waals surface area contributed by atoms with Gasteiger partial charge in [-0.3, -0.25) is 0 Å². The van der Waals surface area contributed by atoms with Crippen LogP contribution in [0.15, 0.2) is 0 Å². The van der Waals surface area contributed by atoms with Gasteiger partial charge in [0.15, 0.2) is 0 Å². The van der Waals surface area contributed by atoms with Gasteiger partial charge in [0.1, 0.15) is 5.60 Å². The van der Waals surface area contributed by atoms with Crippen molar-refractivity contribution < 1.29 is 27.8 Å². The van der Waals surface area contributed by atoms with Crippen molar-refractivity contribution in [2.75, 3.05) is 6.54 Å². The summed E-state index contributed by atoms with van der Waals surface area (Å²) >= 11 is 0. The number of cyclic esters (lactones) is 1. The van der Waals surface area contributed by atoms with E-state index in [4.69, 9.17) is 4.74 Å². The molecule has 0 aromatic carbocycles. The number of amides is 1. The minimum absolute atomic E-state index is 0.0463. The van der Waals surface area contributed by atoms with Crippen LogP contribution in [-0.4, -0.2) is 46.6 Å². The highest BCUT2D eigenvalue weighted by Crippen LogP contribution is 2.42. The maximum absolute atomic E-state index is 13.0. The van der Waals surface area contributed by atoms with Crippen molar-refractivity contribution in [3.8, 4) is 0 Å². The largest absolute Gasteiger partial charge is 0.441 e. The first kappa shape index (κ1) is 14.4. The van der Waals surface area contributed by atoms with Gasteiger partial charge in [0.25, 0.3) is 0 Å². The molecule has 0 aromatic rings. The molecule has 1 aliphatic carbocycles. The number of aliphatic hydroxyl groups excluding tert-OH is 1. The number of rotatable bonds is 1. The summed E-state index contributed by atoms with van der Waals surface area (Å²) < 4.78 is 44.1. The van der Waals surface area contributed by atoms with Gasteiger partial charge in [0.05, 0.1) is 18.6 Å². The van der Waals surface area contributed by atoms with Gasteiger partial charge in [-0.25, -0.2) is 4.79 Å². The molecule has 19 heavy (non-hydrogen) atoms. The number of hydrogen-bond donors (Lipinski definition) is 1. The fourth-order valence-corrected chi connectivity index (χ4v) is 2.91. The summed E-state index contributed by atoms with van der Waals surface area (Å²) in [6.07, 6.45) is -5.96. The number of alkyl halides is 3. The Hall–Kier alpha value is -0.980. The average Bonchev–Trinajstić information content (AvgIpc) is 2.50. The molecular formula is C12H18F3NO3. The van der Waals surface area contributed by atoms with Gasteiger partial charge in [-0.05, 0) is 33.1 Å². The molecule has 1 aliphatic heterocycles. The first-order chi connectivity index (χ1) is 8.60. The SMILES string of the molecule is CC1(C)CN(C2CC(O)CCC2C(F)(F)F)C(=O)O1. The van der Waals surface area contributed by atoms with Gasteiger partial charge in [0, 0.05) is 6.04 Å². The highest BCUT2D eigenvalue weighted by Gasteiger charge is 2.53. The standard InChI is InChI=1S/C12H18F3NO3/c1-11(2)6-16(10(18)19-11)9-5-7(17)3-4-8(9)12(13,14)15/h7-9,17H,3-6H2,1-2H3. The maximum Gasteiger partial charge on any atom is 0.410 e. The van der Waals surface area contributed by atoms with Crippen LogP contribution in [0, 0.1) is 5.92 Å². The average molecular weight is 281 g/mol. The number of halogens is 3. The van der Waals surface area contributed by atoms with E-state index in [-0.39, 0.29) is 25.8 Å². The van der Waals surface area contributed by atoms with Gasteiger partial charge < -0.3 is 14.7 Å². The van der Waals surface area contributed by atoms with Crippen molar-refractivity contribution in [2.45, 2.75) is 57.0 Å². The second-order valence-corrected chi connectivity index (χ2v) is 5.94. The lowest BCUT2D eigenvalue weighted by molar-refractivity contribution is -0.201. The molecule has 1 heterocycles. The summed E-state index contributed by atoms with van der Waals surface area (Å²) in [6, 6.07) is -1.03. The zero-order chi connectivity index (χ0) is 14.4. The fraction of sp³-hybridized carbons (Fsp3) is 0.917. The molecule has 3 unspecified atom stereocenters. The molecule has 0 aromatic heterocycles. The summed E-state index contributed by atoms with van der Waals surface area (Å²) in [6.45, 7) is 3.44. The van der Waals surface area contributed by atoms with Gasteiger partial charge in [-0.2, -0.15) is 13.2 Å². The lowest BCUT2D eigenvalue weighted by atomic mass is 9.81. The number of carbonyl (C=O) groups excluding carboxylic acids is 1. The van der Waals surface area contributed by atoms with Crippen molar-refractivity contribution in [3.63, 3.8) is 0 Å². The molecule has 1 amide bonds. The Morgan fingerprint density at radius 3 is 2.47 bits per heavy atom. The Bertz CT molecular complexity index is 370. The quantitative estimate of drug-likeness (QED) is 0.802. The molecule has 0 spiro atoms. The predicted molar refractivity (Wildman–Crippen MR) is 60.5 cm³/mol. The van der Waals surface area contributed by atoms with Crippen LogP contribution < -0.4 is 0 Å². The molecule has 1 N–H and O–H groups in total. The highest BCUT2D eigenvalue weighted by molar-refractivity contribution is 5.71. The molecule has 4 nitrogen and oxygen atoms in total. The first-order valence-corrected chi connectivity index (χ1v) is 6.34. The van der Waals surface area contributed by atoms with E-state index in [1.54, 1.807) is 13.8 Å². The Labute approximate surface area is 109 Å². The van der Waals surface area contributed by atoms with Crippen LogP contribution in [-0.2, 0) is 4.74 Å². The van der Waals surface area contributed by atoms with Crippen LogP contribution in [0.3, 0.4) is 0 Å². The Morgan fingerprint density at radius 1 is 1.37 bits per heavy atom. The second kappa shape index (κ2) is 4.54. The molecular weight excluding hydrogens is 263 g/mol. The van der Waals surface area contributed by atoms with Crippen LogP contribution in [0.1, 0.15) is 33.1 Å². The summed E-state index contributed by atoms with van der Waals surface area (Å²) in [7, 11) is 0. The molecule has 1 saturated carbocycles. The summed E-state index contributed by atoms with van der Waals surface area (Å²) in [5.74, 6) is -1.59. The van der Waals surface area contributed by atoms with Crippen molar-refractivity contribution in [1.29, 1.82) is 0 Å². The highest BCUT2D eigenvalue weighted by atomic mass is 19.4. The number of nitrogens with zero attached hydrogens (tertiary/aromatic N) is 1. The maximum atomic E-state index is 13.0. The van der Waals surface area contributed by atoms with Gasteiger partial charge in [0.2, 0.25) is 0 Å². The lowest BCUT2D eigenvalue weighted by Gasteiger charge is -2.39. The Morgan fingerprint density at radius 2 is 2.00 bits per heavy atom. The predicted octanol–water partition coefficient (Wildman–Crippen LogP) is 2.31. The minimum Gasteiger partial charge on any atom is -0.441 e. The van der Waals surface area contributed by atoms with Crippen LogP contribution >= 0.6 is 0 Å². The summed E-state index contributed by atoms with van der Waals surface area (Å²) in [5, 5.41) is 9.59. The monoisotopic (exact) mass is 281 g/mol. The third kappa shape index (κ3) is 2.96.